The zero-order valence-corrected chi connectivity index (χ0v) is 14.1. The molecule has 1 heterocycles. The Kier molecular flexibility index (Phi) is 5.49. The molecule has 0 aromatic rings. The summed E-state index contributed by atoms with van der Waals surface area (Å²) in [6, 6.07) is 0.710. The van der Waals surface area contributed by atoms with Crippen molar-refractivity contribution in [3.8, 4) is 0 Å². The highest BCUT2D eigenvalue weighted by molar-refractivity contribution is 5.03. The Labute approximate surface area is 125 Å². The minimum Gasteiger partial charge on any atom is -0.329 e. The van der Waals surface area contributed by atoms with Gasteiger partial charge in [0.25, 0.3) is 0 Å². The molecule has 0 radical (unpaired) electrons. The SMILES string of the molecule is CCC1CN(C2(CN)CCCCC2C(C)C)CCN1C. The van der Waals surface area contributed by atoms with Crippen LogP contribution in [0, 0.1) is 11.8 Å². The highest BCUT2D eigenvalue weighted by Crippen LogP contribution is 2.42. The summed E-state index contributed by atoms with van der Waals surface area (Å²) in [6.07, 6.45) is 6.70. The summed E-state index contributed by atoms with van der Waals surface area (Å²) in [5.41, 5.74) is 6.64. The normalized spacial score (nSPS) is 37.5. The van der Waals surface area contributed by atoms with Crippen LogP contribution >= 0.6 is 0 Å². The molecular formula is C17H35N3. The van der Waals surface area contributed by atoms with E-state index in [-0.39, 0.29) is 5.54 Å². The Morgan fingerprint density at radius 2 is 2.00 bits per heavy atom. The van der Waals surface area contributed by atoms with Crippen LogP contribution in [0.1, 0.15) is 52.9 Å². The second kappa shape index (κ2) is 6.76. The first-order valence-corrected chi connectivity index (χ1v) is 8.70. The molecule has 3 heteroatoms. The summed E-state index contributed by atoms with van der Waals surface area (Å²) in [7, 11) is 2.28. The van der Waals surface area contributed by atoms with E-state index in [1.54, 1.807) is 0 Å². The van der Waals surface area contributed by atoms with Crippen molar-refractivity contribution in [3.05, 3.63) is 0 Å². The highest BCUT2D eigenvalue weighted by Gasteiger charge is 2.46. The first-order chi connectivity index (χ1) is 9.55. The predicted octanol–water partition coefficient (Wildman–Crippen LogP) is 2.56. The highest BCUT2D eigenvalue weighted by atomic mass is 15.3. The molecule has 3 unspecified atom stereocenters. The van der Waals surface area contributed by atoms with E-state index in [9.17, 15) is 0 Å². The van der Waals surface area contributed by atoms with Gasteiger partial charge in [0.15, 0.2) is 0 Å². The Morgan fingerprint density at radius 1 is 1.25 bits per heavy atom. The molecule has 2 fully saturated rings. The maximum absolute atomic E-state index is 6.36. The molecule has 0 aromatic carbocycles. The van der Waals surface area contributed by atoms with E-state index in [0.717, 1.165) is 18.4 Å². The fourth-order valence-electron chi connectivity index (χ4n) is 4.77. The van der Waals surface area contributed by atoms with E-state index in [1.165, 1.54) is 51.7 Å². The van der Waals surface area contributed by atoms with Crippen LogP contribution in [-0.2, 0) is 0 Å². The summed E-state index contributed by atoms with van der Waals surface area (Å²) in [4.78, 5) is 5.32. The number of rotatable bonds is 4. The smallest absolute Gasteiger partial charge is 0.0363 e. The average molecular weight is 281 g/mol. The Hall–Kier alpha value is -0.120. The maximum atomic E-state index is 6.36. The van der Waals surface area contributed by atoms with Crippen LogP contribution < -0.4 is 5.73 Å². The number of likely N-dealkylation sites (N-methyl/N-ethyl adjacent to an activating group) is 1. The topological polar surface area (TPSA) is 32.5 Å². The monoisotopic (exact) mass is 281 g/mol. The van der Waals surface area contributed by atoms with Gasteiger partial charge in [-0.2, -0.15) is 0 Å². The molecule has 1 saturated carbocycles. The molecule has 1 aliphatic carbocycles. The van der Waals surface area contributed by atoms with Crippen molar-refractivity contribution >= 4 is 0 Å². The van der Waals surface area contributed by atoms with Gasteiger partial charge in [-0.05, 0) is 38.1 Å². The fraction of sp³-hybridized carbons (Fsp3) is 1.00. The molecule has 2 N–H and O–H groups in total. The molecule has 1 aliphatic heterocycles. The number of nitrogens with zero attached hydrogens (tertiary/aromatic N) is 2. The zero-order valence-electron chi connectivity index (χ0n) is 14.1. The fourth-order valence-corrected chi connectivity index (χ4v) is 4.77. The Morgan fingerprint density at radius 3 is 2.60 bits per heavy atom. The number of nitrogens with two attached hydrogens (primary N) is 1. The standard InChI is InChI=1S/C17H35N3/c1-5-15-12-20(11-10-19(15)4)17(13-18)9-7-6-8-16(17)14(2)3/h14-16H,5-13,18H2,1-4H3. The average Bonchev–Trinajstić information content (AvgIpc) is 2.47. The molecule has 0 bridgehead atoms. The summed E-state index contributed by atoms with van der Waals surface area (Å²) >= 11 is 0. The van der Waals surface area contributed by atoms with Crippen LogP contribution in [0.2, 0.25) is 0 Å². The molecule has 2 aliphatic rings. The molecular weight excluding hydrogens is 246 g/mol. The summed E-state index contributed by atoms with van der Waals surface area (Å²) in [5, 5.41) is 0. The van der Waals surface area contributed by atoms with Gasteiger partial charge >= 0.3 is 0 Å². The van der Waals surface area contributed by atoms with Gasteiger partial charge in [-0.1, -0.05) is 33.6 Å². The van der Waals surface area contributed by atoms with E-state index in [1.807, 2.05) is 0 Å². The number of hydrogen-bond acceptors (Lipinski definition) is 3. The van der Waals surface area contributed by atoms with E-state index < -0.39 is 0 Å². The van der Waals surface area contributed by atoms with Crippen LogP contribution in [-0.4, -0.2) is 54.6 Å². The van der Waals surface area contributed by atoms with Crippen LogP contribution in [0.4, 0.5) is 0 Å². The minimum absolute atomic E-state index is 0.279. The first-order valence-electron chi connectivity index (χ1n) is 8.70. The zero-order chi connectivity index (χ0) is 14.8. The third kappa shape index (κ3) is 2.90. The van der Waals surface area contributed by atoms with Crippen molar-refractivity contribution in [3.63, 3.8) is 0 Å². The van der Waals surface area contributed by atoms with Gasteiger partial charge in [-0.15, -0.1) is 0 Å². The lowest BCUT2D eigenvalue weighted by molar-refractivity contribution is -0.0528. The van der Waals surface area contributed by atoms with Crippen LogP contribution in [0.3, 0.4) is 0 Å². The Bertz CT molecular complexity index is 305. The van der Waals surface area contributed by atoms with Crippen molar-refractivity contribution < 1.29 is 0 Å². The van der Waals surface area contributed by atoms with Gasteiger partial charge < -0.3 is 10.6 Å². The van der Waals surface area contributed by atoms with Gasteiger partial charge in [0.1, 0.15) is 0 Å². The van der Waals surface area contributed by atoms with Gasteiger partial charge in [0.2, 0.25) is 0 Å². The third-order valence-corrected chi connectivity index (χ3v) is 6.10. The van der Waals surface area contributed by atoms with Crippen molar-refractivity contribution in [2.24, 2.45) is 17.6 Å². The van der Waals surface area contributed by atoms with E-state index >= 15 is 0 Å². The molecule has 118 valence electrons. The van der Waals surface area contributed by atoms with Gasteiger partial charge in [0.05, 0.1) is 0 Å². The van der Waals surface area contributed by atoms with E-state index in [4.69, 9.17) is 5.73 Å². The van der Waals surface area contributed by atoms with Gasteiger partial charge in [0, 0.05) is 37.8 Å². The lowest BCUT2D eigenvalue weighted by Crippen LogP contribution is -2.66. The molecule has 3 atom stereocenters. The van der Waals surface area contributed by atoms with Crippen LogP contribution in [0.25, 0.3) is 0 Å². The van der Waals surface area contributed by atoms with E-state index in [2.05, 4.69) is 37.6 Å². The molecule has 1 saturated heterocycles. The Balaban J connectivity index is 2.20. The number of piperazine rings is 1. The first kappa shape index (κ1) is 16.3. The van der Waals surface area contributed by atoms with Crippen LogP contribution in [0.5, 0.6) is 0 Å². The second-order valence-electron chi connectivity index (χ2n) is 7.39. The summed E-state index contributed by atoms with van der Waals surface area (Å²) in [6.45, 7) is 11.6. The molecule has 0 aromatic heterocycles. The lowest BCUT2D eigenvalue weighted by Gasteiger charge is -2.56. The lowest BCUT2D eigenvalue weighted by atomic mass is 9.66. The van der Waals surface area contributed by atoms with Crippen molar-refractivity contribution in [2.45, 2.75) is 64.5 Å². The molecule has 0 spiro atoms. The number of hydrogen-bond donors (Lipinski definition) is 1. The van der Waals surface area contributed by atoms with Gasteiger partial charge in [-0.25, -0.2) is 0 Å². The molecule has 0 amide bonds. The molecule has 3 nitrogen and oxygen atoms in total. The van der Waals surface area contributed by atoms with Gasteiger partial charge in [-0.3, -0.25) is 4.90 Å². The maximum Gasteiger partial charge on any atom is 0.0363 e. The minimum atomic E-state index is 0.279. The van der Waals surface area contributed by atoms with E-state index in [0.29, 0.717) is 6.04 Å². The second-order valence-corrected chi connectivity index (χ2v) is 7.39. The quantitative estimate of drug-likeness (QED) is 0.859. The largest absolute Gasteiger partial charge is 0.329 e. The van der Waals surface area contributed by atoms with Crippen LogP contribution in [0.15, 0.2) is 0 Å². The predicted molar refractivity (Wildman–Crippen MR) is 86.9 cm³/mol. The van der Waals surface area contributed by atoms with Crippen molar-refractivity contribution in [2.75, 3.05) is 33.2 Å². The summed E-state index contributed by atoms with van der Waals surface area (Å²) in [5.74, 6) is 1.53. The third-order valence-electron chi connectivity index (χ3n) is 6.10. The summed E-state index contributed by atoms with van der Waals surface area (Å²) < 4.78 is 0. The molecule has 2 rings (SSSR count). The molecule has 20 heavy (non-hydrogen) atoms. The van der Waals surface area contributed by atoms with Crippen molar-refractivity contribution in [1.29, 1.82) is 0 Å². The van der Waals surface area contributed by atoms with Crippen molar-refractivity contribution in [1.82, 2.24) is 9.80 Å².